The van der Waals surface area contributed by atoms with Gasteiger partial charge in [0.1, 0.15) is 5.75 Å². The predicted molar refractivity (Wildman–Crippen MR) is 87.8 cm³/mol. The molecule has 22 heavy (non-hydrogen) atoms. The number of methoxy groups -OCH3 is 1. The molecule has 0 N–H and O–H groups in total. The summed E-state index contributed by atoms with van der Waals surface area (Å²) in [5, 5.41) is 0.539. The summed E-state index contributed by atoms with van der Waals surface area (Å²) in [5.74, 6) is 0.607. The third-order valence-corrected chi connectivity index (χ3v) is 5.42. The van der Waals surface area contributed by atoms with Crippen LogP contribution in [-0.4, -0.2) is 26.9 Å². The molecule has 0 aliphatic heterocycles. The Morgan fingerprint density at radius 3 is 2.36 bits per heavy atom. The number of hydrogen-bond donors (Lipinski definition) is 0. The van der Waals surface area contributed by atoms with Crippen molar-refractivity contribution < 1.29 is 13.2 Å². The molecule has 0 radical (unpaired) electrons. The maximum atomic E-state index is 12.6. The van der Waals surface area contributed by atoms with Crippen LogP contribution in [0.1, 0.15) is 11.1 Å². The van der Waals surface area contributed by atoms with Crippen molar-refractivity contribution in [2.75, 3.05) is 14.2 Å². The van der Waals surface area contributed by atoms with Crippen LogP contribution in [0.15, 0.2) is 47.4 Å². The molecule has 0 saturated carbocycles. The van der Waals surface area contributed by atoms with Crippen LogP contribution in [0, 0.1) is 6.92 Å². The monoisotopic (exact) mass is 339 g/mol. The average molecular weight is 340 g/mol. The van der Waals surface area contributed by atoms with Crippen LogP contribution in [0.5, 0.6) is 5.75 Å². The summed E-state index contributed by atoms with van der Waals surface area (Å²) >= 11 is 5.98. The van der Waals surface area contributed by atoms with E-state index in [1.807, 2.05) is 6.92 Å². The quantitative estimate of drug-likeness (QED) is 0.837. The molecule has 0 amide bonds. The lowest BCUT2D eigenvalue weighted by molar-refractivity contribution is 0.398. The highest BCUT2D eigenvalue weighted by Gasteiger charge is 2.22. The lowest BCUT2D eigenvalue weighted by atomic mass is 10.2. The molecule has 0 saturated heterocycles. The number of halogens is 1. The molecular weight excluding hydrogens is 322 g/mol. The molecular formula is C16H18ClNO3S. The van der Waals surface area contributed by atoms with Gasteiger partial charge in [0.15, 0.2) is 0 Å². The standard InChI is InChI=1S/C16H18ClNO3S/c1-12-4-7-15(8-5-12)22(19,20)18(2)11-13-10-14(17)6-9-16(13)21-3/h4-10H,11H2,1-3H3. The van der Waals surface area contributed by atoms with Crippen molar-refractivity contribution in [3.05, 3.63) is 58.6 Å². The second-order valence-corrected chi connectivity index (χ2v) is 7.51. The molecule has 0 aliphatic rings. The van der Waals surface area contributed by atoms with E-state index in [0.29, 0.717) is 16.3 Å². The highest BCUT2D eigenvalue weighted by Crippen LogP contribution is 2.25. The van der Waals surface area contributed by atoms with E-state index >= 15 is 0 Å². The molecule has 0 unspecified atom stereocenters. The fourth-order valence-corrected chi connectivity index (χ4v) is 3.43. The molecule has 0 spiro atoms. The summed E-state index contributed by atoms with van der Waals surface area (Å²) in [6.07, 6.45) is 0. The van der Waals surface area contributed by atoms with Crippen molar-refractivity contribution in [2.24, 2.45) is 0 Å². The SMILES string of the molecule is COc1ccc(Cl)cc1CN(C)S(=O)(=O)c1ccc(C)cc1. The molecule has 0 aliphatic carbocycles. The number of nitrogens with zero attached hydrogens (tertiary/aromatic N) is 1. The van der Waals surface area contributed by atoms with Crippen molar-refractivity contribution in [3.8, 4) is 5.75 Å². The van der Waals surface area contributed by atoms with Gasteiger partial charge in [0.05, 0.1) is 12.0 Å². The smallest absolute Gasteiger partial charge is 0.243 e. The Labute approximate surface area is 136 Å². The summed E-state index contributed by atoms with van der Waals surface area (Å²) in [6, 6.07) is 11.9. The maximum Gasteiger partial charge on any atom is 0.243 e. The first-order chi connectivity index (χ1) is 10.3. The molecule has 0 fully saturated rings. The Morgan fingerprint density at radius 1 is 1.14 bits per heavy atom. The van der Waals surface area contributed by atoms with Gasteiger partial charge in [0, 0.05) is 24.2 Å². The molecule has 2 aromatic carbocycles. The molecule has 0 aromatic heterocycles. The van der Waals surface area contributed by atoms with Gasteiger partial charge in [0.25, 0.3) is 0 Å². The van der Waals surface area contributed by atoms with E-state index < -0.39 is 10.0 Å². The van der Waals surface area contributed by atoms with Crippen molar-refractivity contribution in [1.29, 1.82) is 0 Å². The molecule has 0 bridgehead atoms. The molecule has 6 heteroatoms. The van der Waals surface area contributed by atoms with Gasteiger partial charge in [-0.1, -0.05) is 29.3 Å². The van der Waals surface area contributed by atoms with E-state index in [4.69, 9.17) is 16.3 Å². The molecule has 4 nitrogen and oxygen atoms in total. The second-order valence-electron chi connectivity index (χ2n) is 5.03. The number of benzene rings is 2. The van der Waals surface area contributed by atoms with Crippen LogP contribution < -0.4 is 4.74 Å². The molecule has 0 atom stereocenters. The first-order valence-electron chi connectivity index (χ1n) is 6.70. The van der Waals surface area contributed by atoms with Crippen LogP contribution >= 0.6 is 11.6 Å². The zero-order chi connectivity index (χ0) is 16.3. The van der Waals surface area contributed by atoms with Crippen molar-refractivity contribution in [2.45, 2.75) is 18.4 Å². The Bertz CT molecular complexity index is 757. The van der Waals surface area contributed by atoms with Crippen LogP contribution in [0.4, 0.5) is 0 Å². The zero-order valence-electron chi connectivity index (χ0n) is 12.7. The lowest BCUT2D eigenvalue weighted by Gasteiger charge is -2.19. The predicted octanol–water partition coefficient (Wildman–Crippen LogP) is 3.48. The largest absolute Gasteiger partial charge is 0.496 e. The van der Waals surface area contributed by atoms with Crippen LogP contribution in [0.2, 0.25) is 5.02 Å². The molecule has 2 aromatic rings. The van der Waals surface area contributed by atoms with Crippen LogP contribution in [0.3, 0.4) is 0 Å². The minimum atomic E-state index is -3.56. The van der Waals surface area contributed by atoms with Crippen LogP contribution in [0.25, 0.3) is 0 Å². The van der Waals surface area contributed by atoms with E-state index in [0.717, 1.165) is 5.56 Å². The van der Waals surface area contributed by atoms with Gasteiger partial charge >= 0.3 is 0 Å². The highest BCUT2D eigenvalue weighted by molar-refractivity contribution is 7.89. The normalized spacial score (nSPS) is 11.7. The fraction of sp³-hybridized carbons (Fsp3) is 0.250. The Balaban J connectivity index is 2.30. The highest BCUT2D eigenvalue weighted by atomic mass is 35.5. The molecule has 118 valence electrons. The van der Waals surface area contributed by atoms with Gasteiger partial charge in [-0.2, -0.15) is 4.31 Å². The number of sulfonamides is 1. The third kappa shape index (κ3) is 3.61. The first-order valence-corrected chi connectivity index (χ1v) is 8.52. The number of hydrogen-bond acceptors (Lipinski definition) is 3. The van der Waals surface area contributed by atoms with Gasteiger partial charge in [-0.25, -0.2) is 8.42 Å². The number of rotatable bonds is 5. The molecule has 2 rings (SSSR count). The Kier molecular flexibility index (Phi) is 5.11. The second kappa shape index (κ2) is 6.69. The van der Waals surface area contributed by atoms with E-state index in [-0.39, 0.29) is 11.4 Å². The Hall–Kier alpha value is -1.56. The van der Waals surface area contributed by atoms with Crippen molar-refractivity contribution >= 4 is 21.6 Å². The zero-order valence-corrected chi connectivity index (χ0v) is 14.3. The maximum absolute atomic E-state index is 12.6. The summed E-state index contributed by atoms with van der Waals surface area (Å²) in [4.78, 5) is 0.265. The minimum absolute atomic E-state index is 0.180. The number of ether oxygens (including phenoxy) is 1. The van der Waals surface area contributed by atoms with Crippen LogP contribution in [-0.2, 0) is 16.6 Å². The van der Waals surface area contributed by atoms with Gasteiger partial charge in [-0.05, 0) is 37.3 Å². The van der Waals surface area contributed by atoms with Gasteiger partial charge < -0.3 is 4.74 Å². The van der Waals surface area contributed by atoms with E-state index in [1.54, 1.807) is 49.6 Å². The van der Waals surface area contributed by atoms with E-state index in [9.17, 15) is 8.42 Å². The van der Waals surface area contributed by atoms with E-state index in [1.165, 1.54) is 11.4 Å². The average Bonchev–Trinajstić information content (AvgIpc) is 2.48. The number of aryl methyl sites for hydroxylation is 1. The van der Waals surface area contributed by atoms with Crippen molar-refractivity contribution in [3.63, 3.8) is 0 Å². The lowest BCUT2D eigenvalue weighted by Crippen LogP contribution is -2.26. The van der Waals surface area contributed by atoms with Gasteiger partial charge in [0.2, 0.25) is 10.0 Å². The van der Waals surface area contributed by atoms with Gasteiger partial charge in [-0.15, -0.1) is 0 Å². The topological polar surface area (TPSA) is 46.6 Å². The van der Waals surface area contributed by atoms with E-state index in [2.05, 4.69) is 0 Å². The van der Waals surface area contributed by atoms with Gasteiger partial charge in [-0.3, -0.25) is 0 Å². The molecule has 0 heterocycles. The fourth-order valence-electron chi connectivity index (χ4n) is 2.09. The Morgan fingerprint density at radius 2 is 1.77 bits per heavy atom. The van der Waals surface area contributed by atoms with Crippen molar-refractivity contribution in [1.82, 2.24) is 4.31 Å². The summed E-state index contributed by atoms with van der Waals surface area (Å²) in [5.41, 5.74) is 1.73. The summed E-state index contributed by atoms with van der Waals surface area (Å²) in [7, 11) is -0.477. The summed E-state index contributed by atoms with van der Waals surface area (Å²) < 4.78 is 31.7. The third-order valence-electron chi connectivity index (χ3n) is 3.36. The minimum Gasteiger partial charge on any atom is -0.496 e. The summed E-state index contributed by atoms with van der Waals surface area (Å²) in [6.45, 7) is 2.09. The first kappa shape index (κ1) is 16.8.